The fraction of sp³-hybridized carbons (Fsp3) is 0.818. The summed E-state index contributed by atoms with van der Waals surface area (Å²) in [4.78, 5) is 26.6. The summed E-state index contributed by atoms with van der Waals surface area (Å²) in [6.45, 7) is 3.47. The molecule has 0 radical (unpaired) electrons. The number of carbonyl (C=O) groups is 2. The highest BCUT2D eigenvalue weighted by atomic mass is 16.6. The lowest BCUT2D eigenvalue weighted by Crippen LogP contribution is -2.40. The first-order valence-corrected chi connectivity index (χ1v) is 5.97. The van der Waals surface area contributed by atoms with Gasteiger partial charge < -0.3 is 14.5 Å². The molecule has 0 aromatic heterocycles. The Bertz CT molecular complexity index is 274. The number of amides is 2. The minimum absolute atomic E-state index is 0.163. The monoisotopic (exact) mass is 226 g/mol. The van der Waals surface area contributed by atoms with Crippen molar-refractivity contribution >= 4 is 12.0 Å². The van der Waals surface area contributed by atoms with Gasteiger partial charge in [-0.15, -0.1) is 0 Å². The van der Waals surface area contributed by atoms with Crippen LogP contribution in [0.3, 0.4) is 0 Å². The molecule has 2 fully saturated rings. The summed E-state index contributed by atoms with van der Waals surface area (Å²) >= 11 is 0. The molecule has 0 aliphatic carbocycles. The van der Waals surface area contributed by atoms with Gasteiger partial charge in [-0.05, 0) is 19.3 Å². The third kappa shape index (κ3) is 2.65. The maximum atomic E-state index is 11.7. The van der Waals surface area contributed by atoms with Crippen LogP contribution in [0.15, 0.2) is 0 Å². The Morgan fingerprint density at radius 1 is 1.19 bits per heavy atom. The van der Waals surface area contributed by atoms with Crippen LogP contribution in [0.2, 0.25) is 0 Å². The molecule has 2 aliphatic rings. The number of rotatable bonds is 3. The van der Waals surface area contributed by atoms with Gasteiger partial charge in [0.05, 0.1) is 6.61 Å². The van der Waals surface area contributed by atoms with Crippen LogP contribution in [-0.4, -0.2) is 54.6 Å². The van der Waals surface area contributed by atoms with E-state index < -0.39 is 0 Å². The van der Waals surface area contributed by atoms with Crippen molar-refractivity contribution in [3.05, 3.63) is 0 Å². The van der Waals surface area contributed by atoms with E-state index in [1.807, 2.05) is 4.90 Å². The number of hydrogen-bond donors (Lipinski definition) is 0. The molecular weight excluding hydrogens is 208 g/mol. The van der Waals surface area contributed by atoms with E-state index in [9.17, 15) is 9.59 Å². The highest BCUT2D eigenvalue weighted by Gasteiger charge is 2.22. The zero-order chi connectivity index (χ0) is 11.4. The van der Waals surface area contributed by atoms with Crippen molar-refractivity contribution in [2.75, 3.05) is 32.8 Å². The van der Waals surface area contributed by atoms with Gasteiger partial charge in [0.2, 0.25) is 5.91 Å². The first-order valence-electron chi connectivity index (χ1n) is 5.97. The molecule has 0 saturated carbocycles. The van der Waals surface area contributed by atoms with Gasteiger partial charge in [-0.25, -0.2) is 4.79 Å². The molecule has 0 atom stereocenters. The Kier molecular flexibility index (Phi) is 3.64. The molecule has 5 heteroatoms. The standard InChI is InChI=1S/C11H18N2O3/c14-10(12-5-1-2-6-12)4-8-13-7-3-9-16-11(13)15/h1-9H2. The smallest absolute Gasteiger partial charge is 0.409 e. The highest BCUT2D eigenvalue weighted by molar-refractivity contribution is 5.77. The largest absolute Gasteiger partial charge is 0.449 e. The maximum Gasteiger partial charge on any atom is 0.409 e. The third-order valence-corrected chi connectivity index (χ3v) is 3.11. The summed E-state index contributed by atoms with van der Waals surface area (Å²) in [5.41, 5.74) is 0. The fourth-order valence-electron chi connectivity index (χ4n) is 2.16. The van der Waals surface area contributed by atoms with E-state index in [1.54, 1.807) is 4.90 Å². The van der Waals surface area contributed by atoms with Gasteiger partial charge in [0, 0.05) is 32.6 Å². The first kappa shape index (κ1) is 11.2. The van der Waals surface area contributed by atoms with Crippen LogP contribution in [0.4, 0.5) is 4.79 Å². The van der Waals surface area contributed by atoms with Crippen molar-refractivity contribution in [2.24, 2.45) is 0 Å². The summed E-state index contributed by atoms with van der Waals surface area (Å²) in [5, 5.41) is 0. The van der Waals surface area contributed by atoms with Crippen LogP contribution >= 0.6 is 0 Å². The quantitative estimate of drug-likeness (QED) is 0.716. The van der Waals surface area contributed by atoms with Crippen molar-refractivity contribution < 1.29 is 14.3 Å². The predicted molar refractivity (Wildman–Crippen MR) is 58.0 cm³/mol. The number of likely N-dealkylation sites (tertiary alicyclic amines) is 1. The van der Waals surface area contributed by atoms with Gasteiger partial charge in [-0.3, -0.25) is 4.79 Å². The minimum Gasteiger partial charge on any atom is -0.449 e. The van der Waals surface area contributed by atoms with Gasteiger partial charge in [-0.2, -0.15) is 0 Å². The second kappa shape index (κ2) is 5.18. The predicted octanol–water partition coefficient (Wildman–Crippen LogP) is 0.841. The molecule has 0 unspecified atom stereocenters. The molecule has 5 nitrogen and oxygen atoms in total. The first-order chi connectivity index (χ1) is 7.77. The Morgan fingerprint density at radius 3 is 2.62 bits per heavy atom. The number of nitrogens with zero attached hydrogens (tertiary/aromatic N) is 2. The van der Waals surface area contributed by atoms with E-state index in [-0.39, 0.29) is 12.0 Å². The Balaban J connectivity index is 1.73. The molecule has 2 aliphatic heterocycles. The molecule has 2 amide bonds. The minimum atomic E-state index is -0.277. The lowest BCUT2D eigenvalue weighted by molar-refractivity contribution is -0.130. The van der Waals surface area contributed by atoms with Crippen molar-refractivity contribution in [1.29, 1.82) is 0 Å². The summed E-state index contributed by atoms with van der Waals surface area (Å²) in [7, 11) is 0. The van der Waals surface area contributed by atoms with Crippen molar-refractivity contribution in [3.8, 4) is 0 Å². The Morgan fingerprint density at radius 2 is 1.94 bits per heavy atom. The van der Waals surface area contributed by atoms with Gasteiger partial charge in [0.25, 0.3) is 0 Å². The number of cyclic esters (lactones) is 1. The van der Waals surface area contributed by atoms with Crippen molar-refractivity contribution in [1.82, 2.24) is 9.80 Å². The molecule has 0 spiro atoms. The second-order valence-electron chi connectivity index (χ2n) is 4.29. The molecule has 0 aromatic rings. The average Bonchev–Trinajstić information content (AvgIpc) is 2.81. The molecule has 2 rings (SSSR count). The van der Waals surface area contributed by atoms with Crippen LogP contribution in [0, 0.1) is 0 Å². The summed E-state index contributed by atoms with van der Waals surface area (Å²) in [6.07, 6.45) is 3.23. The van der Waals surface area contributed by atoms with E-state index in [2.05, 4.69) is 0 Å². The lowest BCUT2D eigenvalue weighted by atomic mass is 10.3. The van der Waals surface area contributed by atoms with E-state index in [0.29, 0.717) is 26.1 Å². The van der Waals surface area contributed by atoms with E-state index in [0.717, 1.165) is 32.4 Å². The molecule has 0 N–H and O–H groups in total. The van der Waals surface area contributed by atoms with Crippen LogP contribution in [0.5, 0.6) is 0 Å². The van der Waals surface area contributed by atoms with Gasteiger partial charge >= 0.3 is 6.09 Å². The zero-order valence-corrected chi connectivity index (χ0v) is 9.48. The molecule has 16 heavy (non-hydrogen) atoms. The highest BCUT2D eigenvalue weighted by Crippen LogP contribution is 2.10. The Hall–Kier alpha value is -1.26. The molecule has 0 aromatic carbocycles. The van der Waals surface area contributed by atoms with Gasteiger partial charge in [0.1, 0.15) is 0 Å². The summed E-state index contributed by atoms with van der Waals surface area (Å²) < 4.78 is 4.91. The number of hydrogen-bond acceptors (Lipinski definition) is 3. The third-order valence-electron chi connectivity index (χ3n) is 3.11. The zero-order valence-electron chi connectivity index (χ0n) is 9.48. The second-order valence-corrected chi connectivity index (χ2v) is 4.29. The van der Waals surface area contributed by atoms with Gasteiger partial charge in [-0.1, -0.05) is 0 Å². The van der Waals surface area contributed by atoms with E-state index >= 15 is 0 Å². The van der Waals surface area contributed by atoms with Crippen LogP contribution in [0.1, 0.15) is 25.7 Å². The lowest BCUT2D eigenvalue weighted by Gasteiger charge is -2.26. The van der Waals surface area contributed by atoms with Crippen LogP contribution in [-0.2, 0) is 9.53 Å². The number of carbonyl (C=O) groups excluding carboxylic acids is 2. The molecule has 2 saturated heterocycles. The SMILES string of the molecule is O=C(CCN1CCCOC1=O)N1CCCC1. The van der Waals surface area contributed by atoms with E-state index in [1.165, 1.54) is 0 Å². The fourth-order valence-corrected chi connectivity index (χ4v) is 2.16. The summed E-state index contributed by atoms with van der Waals surface area (Å²) in [5.74, 6) is 0.163. The average molecular weight is 226 g/mol. The normalized spacial score (nSPS) is 21.1. The topological polar surface area (TPSA) is 49.9 Å². The van der Waals surface area contributed by atoms with Crippen molar-refractivity contribution in [2.45, 2.75) is 25.7 Å². The molecule has 90 valence electrons. The molecular formula is C11H18N2O3. The summed E-state index contributed by atoms with van der Waals surface area (Å²) in [6, 6.07) is 0. The number of ether oxygens (including phenoxy) is 1. The molecule has 0 bridgehead atoms. The van der Waals surface area contributed by atoms with Crippen molar-refractivity contribution in [3.63, 3.8) is 0 Å². The van der Waals surface area contributed by atoms with Crippen LogP contribution < -0.4 is 0 Å². The maximum absolute atomic E-state index is 11.7. The van der Waals surface area contributed by atoms with Gasteiger partial charge in [0.15, 0.2) is 0 Å². The Labute approximate surface area is 95.3 Å². The molecule has 2 heterocycles. The van der Waals surface area contributed by atoms with Crippen LogP contribution in [0.25, 0.3) is 0 Å². The van der Waals surface area contributed by atoms with E-state index in [4.69, 9.17) is 4.74 Å².